The molecule has 0 saturated heterocycles. The molecule has 0 bridgehead atoms. The van der Waals surface area contributed by atoms with E-state index in [1.807, 2.05) is 0 Å². The second-order valence-electron chi connectivity index (χ2n) is 6.00. The number of H-pyrrole nitrogens is 1. The first-order valence-electron chi connectivity index (χ1n) is 8.99. The summed E-state index contributed by atoms with van der Waals surface area (Å²) < 4.78 is 63.4. The van der Waals surface area contributed by atoms with Gasteiger partial charge in [0.2, 0.25) is 0 Å². The van der Waals surface area contributed by atoms with Gasteiger partial charge in [0.25, 0.3) is 5.91 Å². The van der Waals surface area contributed by atoms with Crippen molar-refractivity contribution in [3.8, 4) is 28.5 Å². The van der Waals surface area contributed by atoms with Crippen molar-refractivity contribution in [1.82, 2.24) is 10.2 Å². The van der Waals surface area contributed by atoms with Gasteiger partial charge in [-0.3, -0.25) is 9.89 Å². The maximum atomic E-state index is 12.5. The molecule has 1 amide bonds. The van der Waals surface area contributed by atoms with E-state index in [1.165, 1.54) is 48.5 Å². The number of aromatic nitrogens is 2. The molecular weight excluding hydrogens is 422 g/mol. The summed E-state index contributed by atoms with van der Waals surface area (Å²) in [7, 11) is 0. The normalized spacial score (nSPS) is 10.9. The fraction of sp³-hybridized carbons (Fsp3) is 0.200. The quantitative estimate of drug-likeness (QED) is 0.462. The maximum Gasteiger partial charge on any atom is 0.387 e. The monoisotopic (exact) mass is 439 g/mol. The lowest BCUT2D eigenvalue weighted by Gasteiger charge is -2.13. The second-order valence-corrected chi connectivity index (χ2v) is 6.00. The first-order valence-corrected chi connectivity index (χ1v) is 8.99. The Balaban J connectivity index is 1.71. The van der Waals surface area contributed by atoms with Gasteiger partial charge in [-0.05, 0) is 49.4 Å². The van der Waals surface area contributed by atoms with E-state index in [0.717, 1.165) is 0 Å². The third-order valence-electron chi connectivity index (χ3n) is 3.92. The van der Waals surface area contributed by atoms with Gasteiger partial charge in [-0.15, -0.1) is 0 Å². The number of carbonyl (C=O) groups is 1. The highest BCUT2D eigenvalue weighted by molar-refractivity contribution is 6.03. The van der Waals surface area contributed by atoms with Crippen molar-refractivity contribution in [3.63, 3.8) is 0 Å². The largest absolute Gasteiger partial charge is 0.490 e. The van der Waals surface area contributed by atoms with E-state index in [9.17, 15) is 22.4 Å². The number of carbonyl (C=O) groups excluding carboxylic acids is 1. The molecule has 0 unspecified atom stereocenters. The number of nitrogens with one attached hydrogen (secondary N) is 2. The lowest BCUT2D eigenvalue weighted by molar-refractivity contribution is -0.0516. The number of rotatable bonds is 9. The number of anilines is 1. The predicted octanol–water partition coefficient (Wildman–Crippen LogP) is 4.93. The van der Waals surface area contributed by atoms with Crippen molar-refractivity contribution < 1.29 is 36.6 Å². The van der Waals surface area contributed by atoms with Crippen LogP contribution in [0, 0.1) is 0 Å². The fourth-order valence-electron chi connectivity index (χ4n) is 2.64. The van der Waals surface area contributed by atoms with E-state index in [4.69, 9.17) is 4.74 Å². The second kappa shape index (κ2) is 9.83. The van der Waals surface area contributed by atoms with Crippen molar-refractivity contribution >= 4 is 11.6 Å². The van der Waals surface area contributed by atoms with Crippen molar-refractivity contribution in [3.05, 3.63) is 54.2 Å². The van der Waals surface area contributed by atoms with Gasteiger partial charge in [0.05, 0.1) is 12.3 Å². The minimum atomic E-state index is -3.01. The molecule has 31 heavy (non-hydrogen) atoms. The molecule has 11 heteroatoms. The van der Waals surface area contributed by atoms with Crippen LogP contribution in [0.2, 0.25) is 0 Å². The maximum absolute atomic E-state index is 12.5. The molecule has 164 valence electrons. The van der Waals surface area contributed by atoms with Crippen LogP contribution in [0.15, 0.2) is 48.5 Å². The topological polar surface area (TPSA) is 85.5 Å². The van der Waals surface area contributed by atoms with Gasteiger partial charge in [0.1, 0.15) is 11.4 Å². The molecule has 2 N–H and O–H groups in total. The van der Waals surface area contributed by atoms with E-state index in [-0.39, 0.29) is 29.5 Å². The Morgan fingerprint density at radius 1 is 1.00 bits per heavy atom. The summed E-state index contributed by atoms with van der Waals surface area (Å²) in [5, 5.41) is 9.21. The number of aromatic amines is 1. The molecule has 0 saturated carbocycles. The average molecular weight is 439 g/mol. The molecule has 0 aliphatic carbocycles. The highest BCUT2D eigenvalue weighted by atomic mass is 19.3. The lowest BCUT2D eigenvalue weighted by Crippen LogP contribution is -2.13. The van der Waals surface area contributed by atoms with E-state index in [0.29, 0.717) is 16.9 Å². The van der Waals surface area contributed by atoms with E-state index in [2.05, 4.69) is 25.0 Å². The molecule has 7 nitrogen and oxygen atoms in total. The van der Waals surface area contributed by atoms with Crippen molar-refractivity contribution in [1.29, 1.82) is 0 Å². The molecule has 0 atom stereocenters. The van der Waals surface area contributed by atoms with Crippen LogP contribution >= 0.6 is 0 Å². The zero-order valence-electron chi connectivity index (χ0n) is 16.1. The zero-order chi connectivity index (χ0) is 22.4. The van der Waals surface area contributed by atoms with Crippen molar-refractivity contribution in [2.24, 2.45) is 0 Å². The van der Waals surface area contributed by atoms with E-state index in [1.54, 1.807) is 6.92 Å². The van der Waals surface area contributed by atoms with Crippen molar-refractivity contribution in [2.75, 3.05) is 11.9 Å². The molecule has 1 aromatic heterocycles. The highest BCUT2D eigenvalue weighted by Crippen LogP contribution is 2.32. The Kier molecular flexibility index (Phi) is 6.96. The minimum absolute atomic E-state index is 0.00313. The Labute approximate surface area is 173 Å². The van der Waals surface area contributed by atoms with Gasteiger partial charge in [-0.25, -0.2) is 0 Å². The van der Waals surface area contributed by atoms with Gasteiger partial charge in [0, 0.05) is 17.3 Å². The summed E-state index contributed by atoms with van der Waals surface area (Å²) in [6, 6.07) is 11.2. The Bertz CT molecular complexity index is 1030. The summed E-state index contributed by atoms with van der Waals surface area (Å²) in [4.78, 5) is 12.5. The van der Waals surface area contributed by atoms with Crippen LogP contribution in [-0.4, -0.2) is 35.9 Å². The molecule has 0 aliphatic heterocycles. The van der Waals surface area contributed by atoms with E-state index >= 15 is 0 Å². The number of alkyl halides is 4. The standard InChI is InChI=1S/C20H17F4N3O4/c1-2-29-17-9-12(5-8-16(17)31-20(23)24)25-18(28)15-10-14(26-27-15)11-3-6-13(7-4-11)30-19(21)22/h3-10,19-20H,2H2,1H3,(H,25,28)(H,26,27). The molecule has 3 aromatic rings. The number of halogens is 4. The molecular formula is C20H17F4N3O4. The molecule has 2 aromatic carbocycles. The molecule has 0 radical (unpaired) electrons. The summed E-state index contributed by atoms with van der Waals surface area (Å²) in [5.74, 6) is -0.645. The minimum Gasteiger partial charge on any atom is -0.490 e. The summed E-state index contributed by atoms with van der Waals surface area (Å²) in [6.45, 7) is -4.05. The van der Waals surface area contributed by atoms with Gasteiger partial charge >= 0.3 is 13.2 Å². The van der Waals surface area contributed by atoms with Gasteiger partial charge in [-0.2, -0.15) is 22.7 Å². The number of hydrogen-bond donors (Lipinski definition) is 2. The van der Waals surface area contributed by atoms with Crippen LogP contribution in [-0.2, 0) is 0 Å². The number of nitrogens with zero attached hydrogens (tertiary/aromatic N) is 1. The Morgan fingerprint density at radius 2 is 1.71 bits per heavy atom. The van der Waals surface area contributed by atoms with Gasteiger partial charge < -0.3 is 19.5 Å². The van der Waals surface area contributed by atoms with Crippen LogP contribution in [0.3, 0.4) is 0 Å². The van der Waals surface area contributed by atoms with Crippen LogP contribution in [0.5, 0.6) is 17.2 Å². The Morgan fingerprint density at radius 3 is 2.35 bits per heavy atom. The third kappa shape index (κ3) is 5.87. The van der Waals surface area contributed by atoms with Crippen LogP contribution in [0.4, 0.5) is 23.2 Å². The first kappa shape index (κ1) is 21.9. The molecule has 1 heterocycles. The van der Waals surface area contributed by atoms with Gasteiger partial charge in [-0.1, -0.05) is 0 Å². The molecule has 3 rings (SSSR count). The van der Waals surface area contributed by atoms with Crippen LogP contribution < -0.4 is 19.5 Å². The third-order valence-corrected chi connectivity index (χ3v) is 3.92. The van der Waals surface area contributed by atoms with Gasteiger partial charge in [0.15, 0.2) is 11.5 Å². The number of benzene rings is 2. The summed E-state index contributed by atoms with van der Waals surface area (Å²) in [5.41, 5.74) is 1.39. The predicted molar refractivity (Wildman–Crippen MR) is 103 cm³/mol. The highest BCUT2D eigenvalue weighted by Gasteiger charge is 2.15. The molecule has 0 spiro atoms. The molecule has 0 fully saturated rings. The number of hydrogen-bond acceptors (Lipinski definition) is 5. The zero-order valence-corrected chi connectivity index (χ0v) is 16.1. The average Bonchev–Trinajstić information content (AvgIpc) is 3.20. The SMILES string of the molecule is CCOc1cc(NC(=O)c2cc(-c3ccc(OC(F)F)cc3)n[nH]2)ccc1OC(F)F. The van der Waals surface area contributed by atoms with E-state index < -0.39 is 19.1 Å². The number of ether oxygens (including phenoxy) is 3. The fourth-order valence-corrected chi connectivity index (χ4v) is 2.64. The number of amides is 1. The Hall–Kier alpha value is -3.76. The summed E-state index contributed by atoms with van der Waals surface area (Å²) in [6.07, 6.45) is 0. The smallest absolute Gasteiger partial charge is 0.387 e. The summed E-state index contributed by atoms with van der Waals surface area (Å²) >= 11 is 0. The van der Waals surface area contributed by atoms with Crippen LogP contribution in [0.25, 0.3) is 11.3 Å². The van der Waals surface area contributed by atoms with Crippen LogP contribution in [0.1, 0.15) is 17.4 Å². The lowest BCUT2D eigenvalue weighted by atomic mass is 10.1. The first-order chi connectivity index (χ1) is 14.9. The van der Waals surface area contributed by atoms with Crippen molar-refractivity contribution in [2.45, 2.75) is 20.1 Å². The molecule has 0 aliphatic rings.